The predicted octanol–water partition coefficient (Wildman–Crippen LogP) is 3.41. The van der Waals surface area contributed by atoms with Crippen molar-refractivity contribution in [2.75, 3.05) is 13.1 Å². The molecule has 148 valence electrons. The fraction of sp³-hybridized carbons (Fsp3) is 0.429. The Kier molecular flexibility index (Phi) is 5.13. The van der Waals surface area contributed by atoms with E-state index >= 15 is 0 Å². The highest BCUT2D eigenvalue weighted by Crippen LogP contribution is 2.54. The van der Waals surface area contributed by atoms with Crippen LogP contribution in [0, 0.1) is 45.3 Å². The van der Waals surface area contributed by atoms with Crippen LogP contribution in [0.2, 0.25) is 0 Å². The number of rotatable bonds is 1. The fourth-order valence-corrected chi connectivity index (χ4v) is 4.68. The van der Waals surface area contributed by atoms with Crippen molar-refractivity contribution < 1.29 is 9.53 Å². The maximum Gasteiger partial charge on any atom is 0.410 e. The number of thiophene rings is 1. The van der Waals surface area contributed by atoms with Gasteiger partial charge in [-0.3, -0.25) is 0 Å². The van der Waals surface area contributed by atoms with Gasteiger partial charge in [-0.15, -0.1) is 0 Å². The minimum Gasteiger partial charge on any atom is -0.444 e. The molecule has 29 heavy (non-hydrogen) atoms. The first kappa shape index (κ1) is 20.5. The zero-order valence-corrected chi connectivity index (χ0v) is 17.3. The molecule has 0 saturated carbocycles. The molecule has 0 fully saturated rings. The summed E-state index contributed by atoms with van der Waals surface area (Å²) in [5.74, 6) is -1.02. The lowest BCUT2D eigenvalue weighted by atomic mass is 9.58. The van der Waals surface area contributed by atoms with Gasteiger partial charge in [0.05, 0.1) is 23.4 Å². The van der Waals surface area contributed by atoms with Crippen LogP contribution in [-0.2, 0) is 4.74 Å². The minimum absolute atomic E-state index is 0.0191. The van der Waals surface area contributed by atoms with E-state index in [1.807, 2.05) is 16.8 Å². The normalized spacial score (nSPS) is 23.2. The molecule has 1 aliphatic carbocycles. The van der Waals surface area contributed by atoms with Crippen molar-refractivity contribution in [2.45, 2.75) is 32.3 Å². The molecule has 0 radical (unpaired) electrons. The topological polar surface area (TPSA) is 127 Å². The monoisotopic (exact) mass is 407 g/mol. The predicted molar refractivity (Wildman–Crippen MR) is 107 cm³/mol. The van der Waals surface area contributed by atoms with Crippen molar-refractivity contribution in [3.63, 3.8) is 0 Å². The lowest BCUT2D eigenvalue weighted by molar-refractivity contribution is 0.0225. The quantitative estimate of drug-likeness (QED) is 0.760. The third-order valence-corrected chi connectivity index (χ3v) is 5.92. The Labute approximate surface area is 173 Å². The summed E-state index contributed by atoms with van der Waals surface area (Å²) in [5, 5.41) is 33.5. The Hall–Kier alpha value is -3.28. The van der Waals surface area contributed by atoms with Crippen LogP contribution in [-0.4, -0.2) is 29.7 Å². The van der Waals surface area contributed by atoms with Gasteiger partial charge in [0.1, 0.15) is 11.7 Å². The van der Waals surface area contributed by atoms with E-state index in [4.69, 9.17) is 10.5 Å². The second-order valence-electron chi connectivity index (χ2n) is 8.12. The standard InChI is InChI=1S/C21H21N5O2S/c1-20(2,3)28-19(27)26-6-4-14-15(8-22)18(25)21(11-23,12-24)17(16(14)9-26)13-5-7-29-10-13/h4-5,7,10,16-17H,6,9,25H2,1-3H3/t16-,17+/m1/s1. The highest BCUT2D eigenvalue weighted by Gasteiger charge is 2.55. The zero-order chi connectivity index (χ0) is 21.4. The van der Waals surface area contributed by atoms with E-state index in [9.17, 15) is 20.6 Å². The first-order chi connectivity index (χ1) is 13.7. The lowest BCUT2D eigenvalue weighted by Gasteiger charge is -2.45. The van der Waals surface area contributed by atoms with Gasteiger partial charge < -0.3 is 15.4 Å². The molecule has 1 aromatic rings. The largest absolute Gasteiger partial charge is 0.444 e. The molecule has 2 heterocycles. The summed E-state index contributed by atoms with van der Waals surface area (Å²) < 4.78 is 5.49. The molecule has 0 aromatic carbocycles. The van der Waals surface area contributed by atoms with E-state index in [1.165, 1.54) is 16.2 Å². The number of allylic oxidation sites excluding steroid dienone is 2. The third-order valence-electron chi connectivity index (χ3n) is 5.22. The Morgan fingerprint density at radius 1 is 1.34 bits per heavy atom. The molecule has 2 aliphatic rings. The van der Waals surface area contributed by atoms with E-state index in [0.29, 0.717) is 5.57 Å². The number of fused-ring (bicyclic) bond motifs is 1. The summed E-state index contributed by atoms with van der Waals surface area (Å²) in [5.41, 5.74) is 5.52. The Bertz CT molecular complexity index is 997. The molecule has 2 atom stereocenters. The van der Waals surface area contributed by atoms with Crippen molar-refractivity contribution in [1.82, 2.24) is 4.90 Å². The number of hydrogen-bond donors (Lipinski definition) is 1. The van der Waals surface area contributed by atoms with Gasteiger partial charge >= 0.3 is 6.09 Å². The Morgan fingerprint density at radius 2 is 2.03 bits per heavy atom. The van der Waals surface area contributed by atoms with Crippen LogP contribution in [0.25, 0.3) is 0 Å². The summed E-state index contributed by atoms with van der Waals surface area (Å²) in [6.07, 6.45) is 1.30. The number of ether oxygens (including phenoxy) is 1. The summed E-state index contributed by atoms with van der Waals surface area (Å²) in [6.45, 7) is 5.86. The van der Waals surface area contributed by atoms with Crippen molar-refractivity contribution >= 4 is 17.4 Å². The number of hydrogen-bond acceptors (Lipinski definition) is 7. The van der Waals surface area contributed by atoms with Crippen molar-refractivity contribution in [3.8, 4) is 18.2 Å². The van der Waals surface area contributed by atoms with Crippen LogP contribution in [0.5, 0.6) is 0 Å². The van der Waals surface area contributed by atoms with Crippen LogP contribution in [0.3, 0.4) is 0 Å². The average molecular weight is 407 g/mol. The molecule has 7 nitrogen and oxygen atoms in total. The van der Waals surface area contributed by atoms with Gasteiger partial charge in [-0.2, -0.15) is 27.1 Å². The van der Waals surface area contributed by atoms with Gasteiger partial charge in [0.2, 0.25) is 0 Å². The van der Waals surface area contributed by atoms with Crippen molar-refractivity contribution in [2.24, 2.45) is 17.1 Å². The van der Waals surface area contributed by atoms with Crippen molar-refractivity contribution in [3.05, 3.63) is 45.3 Å². The van der Waals surface area contributed by atoms with E-state index in [2.05, 4.69) is 18.2 Å². The number of nitrogens with two attached hydrogens (primary N) is 1. The highest BCUT2D eigenvalue weighted by molar-refractivity contribution is 7.08. The van der Waals surface area contributed by atoms with Crippen molar-refractivity contribution in [1.29, 1.82) is 15.8 Å². The molecule has 3 rings (SSSR count). The van der Waals surface area contributed by atoms with Gasteiger partial charge in [-0.05, 0) is 48.7 Å². The second-order valence-corrected chi connectivity index (χ2v) is 8.90. The number of nitriles is 3. The summed E-state index contributed by atoms with van der Waals surface area (Å²) in [7, 11) is 0. The van der Waals surface area contributed by atoms with Crippen LogP contribution >= 0.6 is 11.3 Å². The van der Waals surface area contributed by atoms with E-state index in [1.54, 1.807) is 26.8 Å². The zero-order valence-electron chi connectivity index (χ0n) is 16.5. The van der Waals surface area contributed by atoms with E-state index in [0.717, 1.165) is 5.56 Å². The molecule has 8 heteroatoms. The molecule has 0 saturated heterocycles. The second kappa shape index (κ2) is 7.28. The van der Waals surface area contributed by atoms with Gasteiger partial charge in [0.25, 0.3) is 0 Å². The van der Waals surface area contributed by atoms with Gasteiger partial charge in [-0.1, -0.05) is 6.08 Å². The molecule has 0 unspecified atom stereocenters. The van der Waals surface area contributed by atoms with Crippen LogP contribution in [0.15, 0.2) is 39.7 Å². The van der Waals surface area contributed by atoms with E-state index < -0.39 is 28.9 Å². The highest BCUT2D eigenvalue weighted by atomic mass is 32.1. The lowest BCUT2D eigenvalue weighted by Crippen LogP contribution is -2.50. The molecule has 1 amide bonds. The molecule has 0 spiro atoms. The molecular formula is C21H21N5O2S. The summed E-state index contributed by atoms with van der Waals surface area (Å²) >= 11 is 1.45. The SMILES string of the molecule is CC(C)(C)OC(=O)N1CC=C2C(C#N)=C(N)C(C#N)(C#N)[C@@H](c3ccsc3)[C@@H]2C1. The fourth-order valence-electron chi connectivity index (χ4n) is 3.98. The van der Waals surface area contributed by atoms with Gasteiger partial charge in [0.15, 0.2) is 5.41 Å². The van der Waals surface area contributed by atoms with Gasteiger partial charge in [-0.25, -0.2) is 4.79 Å². The van der Waals surface area contributed by atoms with Crippen LogP contribution in [0.4, 0.5) is 4.79 Å². The molecule has 2 N–H and O–H groups in total. The van der Waals surface area contributed by atoms with E-state index in [-0.39, 0.29) is 24.4 Å². The summed E-state index contributed by atoms with van der Waals surface area (Å²) in [6, 6.07) is 8.10. The number of nitrogens with zero attached hydrogens (tertiary/aromatic N) is 4. The smallest absolute Gasteiger partial charge is 0.410 e. The average Bonchev–Trinajstić information content (AvgIpc) is 3.19. The minimum atomic E-state index is -1.69. The van der Waals surface area contributed by atoms with Gasteiger partial charge in [0, 0.05) is 24.9 Å². The summed E-state index contributed by atoms with van der Waals surface area (Å²) in [4.78, 5) is 14.2. The first-order valence-electron chi connectivity index (χ1n) is 9.11. The molecular weight excluding hydrogens is 386 g/mol. The molecule has 1 aliphatic heterocycles. The maximum absolute atomic E-state index is 12.6. The molecule has 0 bridgehead atoms. The number of amides is 1. The Morgan fingerprint density at radius 3 is 2.55 bits per heavy atom. The van der Waals surface area contributed by atoms with Crippen LogP contribution in [0.1, 0.15) is 32.3 Å². The molecule has 1 aromatic heterocycles. The number of carbonyl (C=O) groups excluding carboxylic acids is 1. The first-order valence-corrected chi connectivity index (χ1v) is 10.1. The maximum atomic E-state index is 12.6. The van der Waals surface area contributed by atoms with Crippen LogP contribution < -0.4 is 5.73 Å². The number of carbonyl (C=O) groups is 1. The third kappa shape index (κ3) is 3.35. The Balaban J connectivity index is 2.14.